The summed E-state index contributed by atoms with van der Waals surface area (Å²) in [6.45, 7) is 3.10. The van der Waals surface area contributed by atoms with E-state index in [-0.39, 0.29) is 29.9 Å². The minimum absolute atomic E-state index is 0.0806. The van der Waals surface area contributed by atoms with Crippen LogP contribution in [-0.2, 0) is 14.4 Å². The molecule has 156 valence electrons. The van der Waals surface area contributed by atoms with E-state index < -0.39 is 35.8 Å². The molecule has 3 heterocycles. The van der Waals surface area contributed by atoms with Gasteiger partial charge < -0.3 is 31.9 Å². The van der Waals surface area contributed by atoms with E-state index in [9.17, 15) is 24.6 Å². The van der Waals surface area contributed by atoms with Crippen molar-refractivity contribution in [2.24, 2.45) is 28.3 Å². The summed E-state index contributed by atoms with van der Waals surface area (Å²) < 4.78 is 0.506. The fourth-order valence-electron chi connectivity index (χ4n) is 3.46. The van der Waals surface area contributed by atoms with Crippen molar-refractivity contribution in [2.75, 3.05) is 11.9 Å². The van der Waals surface area contributed by atoms with Crippen LogP contribution in [0.15, 0.2) is 25.3 Å². The topological polar surface area (TPSA) is 184 Å². The van der Waals surface area contributed by atoms with Gasteiger partial charge in [0.05, 0.1) is 18.1 Å². The summed E-state index contributed by atoms with van der Waals surface area (Å²) in [5, 5.41) is 23.7. The first-order valence-corrected chi connectivity index (χ1v) is 10.3. The predicted octanol–water partition coefficient (Wildman–Crippen LogP) is -0.399. The van der Waals surface area contributed by atoms with E-state index in [0.29, 0.717) is 9.24 Å². The van der Waals surface area contributed by atoms with Crippen LogP contribution in [0.3, 0.4) is 0 Å². The van der Waals surface area contributed by atoms with Crippen LogP contribution in [0.2, 0.25) is 0 Å². The second-order valence-corrected chi connectivity index (χ2v) is 8.81. The molecule has 0 spiro atoms. The maximum absolute atomic E-state index is 12.3. The number of rotatable bonds is 7. The molecule has 1 fully saturated rings. The van der Waals surface area contributed by atoms with E-state index in [1.165, 1.54) is 23.2 Å². The molecule has 7 N–H and O–H groups in total. The van der Waals surface area contributed by atoms with Crippen molar-refractivity contribution >= 4 is 52.7 Å². The Balaban J connectivity index is 1.77. The van der Waals surface area contributed by atoms with Gasteiger partial charge >= 0.3 is 5.97 Å². The van der Waals surface area contributed by atoms with Gasteiger partial charge in [0.1, 0.15) is 18.1 Å². The molecular formula is C16H20N6O5S2. The molecule has 2 amide bonds. The molecule has 0 radical (unpaired) electrons. The van der Waals surface area contributed by atoms with Gasteiger partial charge in [-0.05, 0) is 6.92 Å². The van der Waals surface area contributed by atoms with Crippen LogP contribution in [0, 0.1) is 11.8 Å². The van der Waals surface area contributed by atoms with Crippen molar-refractivity contribution < 1.29 is 24.6 Å². The van der Waals surface area contributed by atoms with Crippen LogP contribution in [0.4, 0.5) is 5.82 Å². The number of nitrogens with one attached hydrogen (secondary N) is 1. The highest BCUT2D eigenvalue weighted by molar-refractivity contribution is 8.04. The largest absolute Gasteiger partial charge is 0.477 e. The first-order valence-electron chi connectivity index (χ1n) is 8.59. The van der Waals surface area contributed by atoms with Gasteiger partial charge in [0.25, 0.3) is 0 Å². The number of aliphatic imine (C=N–C) groups is 1. The first kappa shape index (κ1) is 21.1. The minimum atomic E-state index is -1.21. The minimum Gasteiger partial charge on any atom is -0.477 e. The molecule has 1 aromatic rings. The standard InChI is InChI=1S/C16H20N6O5S2/c1-5-10-9(6(2)23)13(25)22(10)11(14(26)27)12(5)29-16-21-7(4-28-16)20-8(24)3-19-15(17)18/h4-6,9-10,23H,3H2,1-2H3,(H,20,24)(H,26,27)(H4,17,18,19)/t5-,6-,9-,10-/m1/s1. The number of aromatic nitrogens is 1. The number of nitrogens with zero attached hydrogens (tertiary/aromatic N) is 3. The van der Waals surface area contributed by atoms with Crippen molar-refractivity contribution in [3.05, 3.63) is 16.0 Å². The summed E-state index contributed by atoms with van der Waals surface area (Å²) in [6, 6.07) is -0.394. The Kier molecular flexibility index (Phi) is 5.82. The maximum atomic E-state index is 12.3. The number of hydrogen-bond acceptors (Lipinski definition) is 8. The highest BCUT2D eigenvalue weighted by Gasteiger charge is 2.60. The fraction of sp³-hybridized carbons (Fsp3) is 0.438. The molecule has 4 atom stereocenters. The lowest BCUT2D eigenvalue weighted by Gasteiger charge is -2.46. The van der Waals surface area contributed by atoms with Crippen molar-refractivity contribution in [2.45, 2.75) is 30.3 Å². The second-order valence-electron chi connectivity index (χ2n) is 6.66. The monoisotopic (exact) mass is 440 g/mol. The molecule has 0 unspecified atom stereocenters. The lowest BCUT2D eigenvalue weighted by molar-refractivity contribution is -0.163. The van der Waals surface area contributed by atoms with Crippen LogP contribution < -0.4 is 16.8 Å². The number of carbonyl (C=O) groups is 3. The summed E-state index contributed by atoms with van der Waals surface area (Å²) in [4.78, 5) is 45.5. The van der Waals surface area contributed by atoms with Crippen LogP contribution >= 0.6 is 23.1 Å². The van der Waals surface area contributed by atoms with Crippen molar-refractivity contribution in [1.29, 1.82) is 0 Å². The Morgan fingerprint density at radius 2 is 2.17 bits per heavy atom. The number of nitrogens with two attached hydrogens (primary N) is 2. The van der Waals surface area contributed by atoms with Gasteiger partial charge in [0.15, 0.2) is 10.3 Å². The quantitative estimate of drug-likeness (QED) is 0.214. The number of aliphatic hydroxyl groups excluding tert-OH is 1. The Morgan fingerprint density at radius 3 is 2.76 bits per heavy atom. The van der Waals surface area contributed by atoms with E-state index in [1.54, 1.807) is 5.38 Å². The van der Waals surface area contributed by atoms with Crippen molar-refractivity contribution in [1.82, 2.24) is 9.88 Å². The van der Waals surface area contributed by atoms with Gasteiger partial charge in [-0.25, -0.2) is 14.8 Å². The van der Waals surface area contributed by atoms with Crippen LogP contribution in [-0.4, -0.2) is 62.5 Å². The van der Waals surface area contributed by atoms with Gasteiger partial charge in [-0.2, -0.15) is 0 Å². The number of fused-ring (bicyclic) bond motifs is 1. The normalized spacial score (nSPS) is 24.0. The smallest absolute Gasteiger partial charge is 0.353 e. The van der Waals surface area contributed by atoms with E-state index in [2.05, 4.69) is 15.3 Å². The number of guanidine groups is 1. The fourth-order valence-corrected chi connectivity index (χ4v) is 5.48. The number of amides is 2. The van der Waals surface area contributed by atoms with Gasteiger partial charge in [-0.1, -0.05) is 18.7 Å². The van der Waals surface area contributed by atoms with Gasteiger partial charge in [-0.15, -0.1) is 11.3 Å². The molecule has 2 aliphatic heterocycles. The highest BCUT2D eigenvalue weighted by Crippen LogP contribution is 2.52. The average molecular weight is 441 g/mol. The third-order valence-corrected chi connectivity index (χ3v) is 6.89. The summed E-state index contributed by atoms with van der Waals surface area (Å²) >= 11 is 2.36. The summed E-state index contributed by atoms with van der Waals surface area (Å²) in [7, 11) is 0. The molecule has 0 aliphatic carbocycles. The number of carbonyl (C=O) groups excluding carboxylic acids is 2. The zero-order chi connectivity index (χ0) is 21.5. The molecule has 3 rings (SSSR count). The molecule has 0 saturated carbocycles. The molecule has 0 bridgehead atoms. The summed E-state index contributed by atoms with van der Waals surface area (Å²) in [5.74, 6) is -2.86. The van der Waals surface area contributed by atoms with Crippen molar-refractivity contribution in [3.63, 3.8) is 0 Å². The second kappa shape index (κ2) is 8.00. The molecule has 1 aromatic heterocycles. The third-order valence-electron chi connectivity index (χ3n) is 4.66. The van der Waals surface area contributed by atoms with Gasteiger partial charge in [0.2, 0.25) is 11.8 Å². The van der Waals surface area contributed by atoms with Crippen LogP contribution in [0.1, 0.15) is 13.8 Å². The van der Waals surface area contributed by atoms with Crippen LogP contribution in [0.5, 0.6) is 0 Å². The Bertz CT molecular complexity index is 923. The number of carboxylic acids is 1. The Morgan fingerprint density at radius 1 is 1.48 bits per heavy atom. The molecule has 2 aliphatic rings. The zero-order valence-corrected chi connectivity index (χ0v) is 17.2. The van der Waals surface area contributed by atoms with Gasteiger partial charge in [0, 0.05) is 16.2 Å². The number of aliphatic carboxylic acids is 1. The number of anilines is 1. The number of aliphatic hydroxyl groups is 1. The molecule has 11 nitrogen and oxygen atoms in total. The van der Waals surface area contributed by atoms with E-state index in [0.717, 1.165) is 11.8 Å². The van der Waals surface area contributed by atoms with E-state index in [4.69, 9.17) is 11.5 Å². The summed E-state index contributed by atoms with van der Waals surface area (Å²) in [6.07, 6.45) is -0.863. The molecule has 29 heavy (non-hydrogen) atoms. The SMILES string of the molecule is C[C@@H](O)[C@H]1C(=O)N2C(C(=O)O)=C(Sc3nc(NC(=O)CN=C(N)N)cs3)[C@H](C)[C@H]12. The molecule has 1 saturated heterocycles. The van der Waals surface area contributed by atoms with E-state index >= 15 is 0 Å². The van der Waals surface area contributed by atoms with Crippen LogP contribution in [0.25, 0.3) is 0 Å². The molecular weight excluding hydrogens is 420 g/mol. The Hall–Kier alpha value is -2.64. The summed E-state index contributed by atoms with van der Waals surface area (Å²) in [5.41, 5.74) is 10.3. The maximum Gasteiger partial charge on any atom is 0.353 e. The zero-order valence-electron chi connectivity index (χ0n) is 15.5. The van der Waals surface area contributed by atoms with Gasteiger partial charge in [-0.3, -0.25) is 9.59 Å². The average Bonchev–Trinajstić information content (AvgIpc) is 3.15. The number of β-lactam (4-membered cyclic amide) rings is 1. The lowest BCUT2D eigenvalue weighted by Crippen LogP contribution is -2.63. The molecule has 13 heteroatoms. The number of hydrogen-bond donors (Lipinski definition) is 5. The molecule has 0 aromatic carbocycles. The predicted molar refractivity (Wildman–Crippen MR) is 107 cm³/mol. The first-order chi connectivity index (χ1) is 13.6. The van der Waals surface area contributed by atoms with E-state index in [1.807, 2.05) is 6.92 Å². The lowest BCUT2D eigenvalue weighted by atomic mass is 9.79. The highest BCUT2D eigenvalue weighted by atomic mass is 32.2. The number of thiazole rings is 1. The number of thioether (sulfide) groups is 1. The number of carboxylic acid groups (broad SMARTS) is 1. The third kappa shape index (κ3) is 3.93. The Labute approximate surface area is 173 Å². The van der Waals surface area contributed by atoms with Crippen molar-refractivity contribution in [3.8, 4) is 0 Å².